The monoisotopic (exact) mass is 507 g/mol. The fraction of sp³-hybridized carbons (Fsp3) is 0.296. The predicted octanol–water partition coefficient (Wildman–Crippen LogP) is 4.86. The van der Waals surface area contributed by atoms with E-state index in [1.165, 1.54) is 11.8 Å². The van der Waals surface area contributed by atoms with Crippen LogP contribution in [0, 0.1) is 0 Å². The third kappa shape index (κ3) is 5.60. The van der Waals surface area contributed by atoms with Gasteiger partial charge in [0.2, 0.25) is 0 Å². The van der Waals surface area contributed by atoms with Crippen molar-refractivity contribution in [3.05, 3.63) is 94.3 Å². The van der Waals surface area contributed by atoms with Crippen molar-refractivity contribution < 1.29 is 23.9 Å². The molecule has 8 heteroatoms. The molecule has 0 spiro atoms. The lowest BCUT2D eigenvalue weighted by Crippen LogP contribution is -2.57. The summed E-state index contributed by atoms with van der Waals surface area (Å²) in [5, 5.41) is -0.232. The van der Waals surface area contributed by atoms with Gasteiger partial charge in [-0.3, -0.25) is 14.5 Å². The smallest absolute Gasteiger partial charge is 0.356 e. The Morgan fingerprint density at radius 1 is 1.06 bits per heavy atom. The number of esters is 2. The molecule has 35 heavy (non-hydrogen) atoms. The Morgan fingerprint density at radius 3 is 2.14 bits per heavy atom. The molecule has 0 saturated carbocycles. The number of ether oxygens (including phenoxy) is 2. The first-order chi connectivity index (χ1) is 16.7. The molecule has 0 unspecified atom stereocenters. The Labute approximate surface area is 211 Å². The summed E-state index contributed by atoms with van der Waals surface area (Å²) < 4.78 is 11.3. The summed E-state index contributed by atoms with van der Waals surface area (Å²) in [7, 11) is -1.64. The van der Waals surface area contributed by atoms with E-state index in [1.807, 2.05) is 60.7 Å². The van der Waals surface area contributed by atoms with E-state index in [4.69, 9.17) is 9.47 Å². The molecule has 2 heterocycles. The zero-order chi connectivity index (χ0) is 25.2. The first-order valence-electron chi connectivity index (χ1n) is 11.5. The maximum Gasteiger partial charge on any atom is 0.356 e. The van der Waals surface area contributed by atoms with Crippen molar-refractivity contribution in [2.24, 2.45) is 0 Å². The number of hydrogen-bond donors (Lipinski definition) is 0. The fourth-order valence-corrected chi connectivity index (χ4v) is 6.73. The highest BCUT2D eigenvalue weighted by Crippen LogP contribution is 2.45. The second-order valence-corrected chi connectivity index (χ2v) is 15.7. The van der Waals surface area contributed by atoms with E-state index < -0.39 is 26.1 Å². The molecule has 1 atom stereocenters. The molecule has 2 aromatic rings. The third-order valence-corrected chi connectivity index (χ3v) is 8.09. The molecule has 1 amide bonds. The Morgan fingerprint density at radius 2 is 1.63 bits per heavy atom. The lowest BCUT2D eigenvalue weighted by atomic mass is 10.0. The van der Waals surface area contributed by atoms with Crippen LogP contribution < -0.4 is 0 Å². The summed E-state index contributed by atoms with van der Waals surface area (Å²) in [6, 6.07) is 19.0. The molecule has 0 aliphatic carbocycles. The lowest BCUT2D eigenvalue weighted by molar-refractivity contribution is -0.149. The number of amides is 1. The number of β-lactam (4-membered cyclic amide) rings is 1. The highest BCUT2D eigenvalue weighted by molar-refractivity contribution is 8.00. The average molecular weight is 508 g/mol. The van der Waals surface area contributed by atoms with Crippen molar-refractivity contribution in [2.75, 3.05) is 12.4 Å². The Hall–Kier alpha value is -3.10. The molecule has 0 radical (unpaired) electrons. The van der Waals surface area contributed by atoms with Crippen molar-refractivity contribution in [2.45, 2.75) is 38.0 Å². The zero-order valence-electron chi connectivity index (χ0n) is 20.3. The maximum absolute atomic E-state index is 13.7. The maximum atomic E-state index is 13.7. The molecular weight excluding hydrogens is 478 g/mol. The summed E-state index contributed by atoms with van der Waals surface area (Å²) >= 11 is 1.56. The topological polar surface area (TPSA) is 72.9 Å². The van der Waals surface area contributed by atoms with Gasteiger partial charge in [0.15, 0.2) is 6.10 Å². The summed E-state index contributed by atoms with van der Waals surface area (Å²) in [4.78, 5) is 39.9. The van der Waals surface area contributed by atoms with Crippen molar-refractivity contribution in [3.8, 4) is 0 Å². The van der Waals surface area contributed by atoms with Crippen LogP contribution in [0.5, 0.6) is 0 Å². The Bertz CT molecular complexity index is 1150. The summed E-state index contributed by atoms with van der Waals surface area (Å²) in [6.45, 7) is 7.78. The summed E-state index contributed by atoms with van der Waals surface area (Å²) in [6.07, 6.45) is -0.645. The van der Waals surface area contributed by atoms with E-state index >= 15 is 0 Å². The summed E-state index contributed by atoms with van der Waals surface area (Å²) in [5.41, 5.74) is 5.25. The minimum atomic E-state index is -1.64. The SMILES string of the molecule is CC(=O)OCC1=C(C(=O)OC(c2ccccc2)c2ccccc2)N2C(=O)/C(=C\[Si](C)(C)C)[C@H]2SC1. The van der Waals surface area contributed by atoms with Crippen molar-refractivity contribution >= 4 is 37.7 Å². The second-order valence-electron chi connectivity index (χ2n) is 9.64. The number of thioether (sulfide) groups is 1. The molecule has 182 valence electrons. The number of rotatable bonds is 7. The van der Waals surface area contributed by atoms with Crippen molar-refractivity contribution in [1.29, 1.82) is 0 Å². The molecule has 1 saturated heterocycles. The molecule has 0 N–H and O–H groups in total. The first kappa shape index (κ1) is 25.0. The van der Waals surface area contributed by atoms with E-state index in [9.17, 15) is 14.4 Å². The van der Waals surface area contributed by atoms with Crippen LogP contribution in [0.15, 0.2) is 83.2 Å². The van der Waals surface area contributed by atoms with E-state index in [2.05, 4.69) is 25.3 Å². The van der Waals surface area contributed by atoms with E-state index in [1.54, 1.807) is 11.8 Å². The minimum absolute atomic E-state index is 0.0579. The fourth-order valence-electron chi connectivity index (χ4n) is 4.11. The number of hydrogen-bond acceptors (Lipinski definition) is 6. The first-order valence-corrected chi connectivity index (χ1v) is 16.1. The van der Waals surface area contributed by atoms with Crippen LogP contribution in [0.4, 0.5) is 0 Å². The van der Waals surface area contributed by atoms with Gasteiger partial charge in [-0.05, 0) is 11.1 Å². The number of nitrogens with zero attached hydrogens (tertiary/aromatic N) is 1. The Kier molecular flexibility index (Phi) is 7.33. The molecule has 4 rings (SSSR count). The van der Waals surface area contributed by atoms with Gasteiger partial charge in [-0.15, -0.1) is 11.8 Å². The van der Waals surface area contributed by atoms with Crippen LogP contribution in [0.2, 0.25) is 19.6 Å². The highest BCUT2D eigenvalue weighted by Gasteiger charge is 2.50. The van der Waals surface area contributed by atoms with E-state index in [-0.39, 0.29) is 23.6 Å². The van der Waals surface area contributed by atoms with Crippen LogP contribution in [0.1, 0.15) is 24.2 Å². The van der Waals surface area contributed by atoms with Crippen LogP contribution in [0.25, 0.3) is 0 Å². The van der Waals surface area contributed by atoms with Crippen LogP contribution in [0.3, 0.4) is 0 Å². The van der Waals surface area contributed by atoms with E-state index in [0.717, 1.165) is 16.7 Å². The molecule has 1 fully saturated rings. The highest BCUT2D eigenvalue weighted by atomic mass is 32.2. The zero-order valence-corrected chi connectivity index (χ0v) is 22.1. The van der Waals surface area contributed by atoms with Gasteiger partial charge in [-0.1, -0.05) is 86.0 Å². The van der Waals surface area contributed by atoms with Crippen LogP contribution in [-0.2, 0) is 23.9 Å². The lowest BCUT2D eigenvalue weighted by Gasteiger charge is -2.47. The van der Waals surface area contributed by atoms with E-state index in [0.29, 0.717) is 11.3 Å². The van der Waals surface area contributed by atoms with Crippen LogP contribution >= 0.6 is 11.8 Å². The predicted molar refractivity (Wildman–Crippen MR) is 139 cm³/mol. The molecular formula is C27H29NO5SSi. The Balaban J connectivity index is 1.70. The van der Waals surface area contributed by atoms with Gasteiger partial charge < -0.3 is 9.47 Å². The van der Waals surface area contributed by atoms with Gasteiger partial charge in [-0.2, -0.15) is 0 Å². The largest absolute Gasteiger partial charge is 0.461 e. The normalized spacial score (nSPS) is 18.9. The van der Waals surface area contributed by atoms with Crippen LogP contribution in [-0.4, -0.2) is 48.6 Å². The number of fused-ring (bicyclic) bond motifs is 1. The molecule has 0 bridgehead atoms. The molecule has 6 nitrogen and oxygen atoms in total. The molecule has 0 aromatic heterocycles. The van der Waals surface area contributed by atoms with Gasteiger partial charge >= 0.3 is 11.9 Å². The van der Waals surface area contributed by atoms with Gasteiger partial charge in [0.1, 0.15) is 17.7 Å². The van der Waals surface area contributed by atoms with Gasteiger partial charge in [0, 0.05) is 23.8 Å². The average Bonchev–Trinajstić information content (AvgIpc) is 2.84. The quantitative estimate of drug-likeness (QED) is 0.231. The van der Waals surface area contributed by atoms with Crippen molar-refractivity contribution in [3.63, 3.8) is 0 Å². The van der Waals surface area contributed by atoms with Crippen molar-refractivity contribution in [1.82, 2.24) is 4.90 Å². The molecule has 2 aromatic carbocycles. The third-order valence-electron chi connectivity index (χ3n) is 5.62. The van der Waals surface area contributed by atoms with Gasteiger partial charge in [-0.25, -0.2) is 4.79 Å². The number of carbonyl (C=O) groups is 3. The number of benzene rings is 2. The summed E-state index contributed by atoms with van der Waals surface area (Å²) in [5.74, 6) is -0.766. The molecule has 2 aliphatic heterocycles. The standard InChI is InChI=1S/C27H29NO5SSi/c1-18(29)32-15-21-16-34-26-22(17-35(2,3)4)25(30)28(26)23(21)27(31)33-24(19-11-7-5-8-12-19)20-13-9-6-10-14-20/h5-14,17,24,26H,15-16H2,1-4H3/b22-17+/t26-/m1/s1. The van der Waals surface area contributed by atoms with Gasteiger partial charge in [0.05, 0.1) is 8.07 Å². The van der Waals surface area contributed by atoms with Gasteiger partial charge in [0.25, 0.3) is 5.91 Å². The minimum Gasteiger partial charge on any atom is -0.461 e. The molecule has 2 aliphatic rings. The second kappa shape index (κ2) is 10.3. The number of carbonyl (C=O) groups excluding carboxylic acids is 3.